The van der Waals surface area contributed by atoms with Crippen LogP contribution in [0, 0.1) is 20.7 Å². The number of carbonyl (C=O) groups is 1. The second-order valence-corrected chi connectivity index (χ2v) is 6.22. The first kappa shape index (κ1) is 17.3. The Bertz CT molecular complexity index is 746. The number of aromatic nitrogens is 3. The summed E-state index contributed by atoms with van der Waals surface area (Å²) >= 11 is -0.931. The van der Waals surface area contributed by atoms with Gasteiger partial charge in [-0.2, -0.15) is 0 Å². The monoisotopic (exact) mass is 432 g/mol. The predicted octanol–water partition coefficient (Wildman–Crippen LogP) is -2.28. The molecule has 9 nitrogen and oxygen atoms in total. The second-order valence-electron chi connectivity index (χ2n) is 4.58. The molecular formula is C13H15IN5O4-. The molecule has 1 aromatic heterocycles. The molecule has 10 heteroatoms. The van der Waals surface area contributed by atoms with Crippen LogP contribution in [0.3, 0.4) is 0 Å². The number of ether oxygens (including phenoxy) is 1. The molecule has 0 radical (unpaired) electrons. The van der Waals surface area contributed by atoms with E-state index in [1.54, 1.807) is 19.1 Å². The number of nitro benzene ring substituents is 1. The maximum absolute atomic E-state index is 11.8. The maximum atomic E-state index is 11.8. The molecule has 1 aromatic carbocycles. The van der Waals surface area contributed by atoms with Gasteiger partial charge in [-0.05, 0) is 0 Å². The number of rotatable bonds is 6. The zero-order valence-electron chi connectivity index (χ0n) is 12.5. The number of hydrogen-bond donors (Lipinski definition) is 1. The molecule has 23 heavy (non-hydrogen) atoms. The third kappa shape index (κ3) is 3.82. The van der Waals surface area contributed by atoms with Crippen LogP contribution in [0.2, 0.25) is 0 Å². The fourth-order valence-corrected chi connectivity index (χ4v) is 3.02. The molecular weight excluding hydrogens is 417 g/mol. The van der Waals surface area contributed by atoms with Gasteiger partial charge in [0.2, 0.25) is 0 Å². The summed E-state index contributed by atoms with van der Waals surface area (Å²) in [6.07, 6.45) is -0.0851. The zero-order chi connectivity index (χ0) is 17.0. The number of benzene rings is 1. The molecule has 0 unspecified atom stereocenters. The molecule has 0 spiro atoms. The van der Waals surface area contributed by atoms with Crippen molar-refractivity contribution in [2.24, 2.45) is 3.95 Å². The van der Waals surface area contributed by atoms with Crippen molar-refractivity contribution in [3.63, 3.8) is 0 Å². The van der Waals surface area contributed by atoms with Gasteiger partial charge in [-0.25, -0.2) is 0 Å². The molecule has 0 aliphatic rings. The number of nitrogens with zero attached hydrogens (tertiary/aromatic N) is 4. The van der Waals surface area contributed by atoms with Gasteiger partial charge in [-0.15, -0.1) is 0 Å². The Morgan fingerprint density at radius 2 is 2.26 bits per heavy atom. The summed E-state index contributed by atoms with van der Waals surface area (Å²) in [5, 5.41) is 19.2. The van der Waals surface area contributed by atoms with E-state index < -0.39 is 32.4 Å². The molecule has 0 fully saturated rings. The molecule has 0 atom stereocenters. The number of hydrogen-bond acceptors (Lipinski definition) is 7. The van der Waals surface area contributed by atoms with Crippen molar-refractivity contribution < 1.29 is 35.9 Å². The topological polar surface area (TPSA) is 126 Å². The molecule has 0 saturated heterocycles. The number of halogens is 1. The second kappa shape index (κ2) is 7.46. The SMILES string of the molecule is CCOC(=O)Cc1c([I-]N)nnn1-c1cc(C)ccc1[N+](=O)[O-]. The summed E-state index contributed by atoms with van der Waals surface area (Å²) in [6, 6.07) is 4.66. The van der Waals surface area contributed by atoms with Crippen molar-refractivity contribution >= 4 is 11.7 Å². The molecule has 2 rings (SSSR count). The van der Waals surface area contributed by atoms with Crippen LogP contribution in [-0.4, -0.2) is 32.5 Å². The van der Waals surface area contributed by atoms with Gasteiger partial charge in [0.15, 0.2) is 0 Å². The first-order valence-electron chi connectivity index (χ1n) is 6.67. The standard InChI is InChI=1S/C13H15IN5O4/c1-3-23-12(20)7-11-13(14-15)16-17-18(11)10-6-8(2)4-5-9(10)19(21)22/h4-6H,3,7,15H2,1-2H3/q-1. The molecule has 0 aliphatic heterocycles. The van der Waals surface area contributed by atoms with Crippen LogP contribution in [0.15, 0.2) is 18.2 Å². The summed E-state index contributed by atoms with van der Waals surface area (Å²) in [7, 11) is 0. The molecule has 1 heterocycles. The summed E-state index contributed by atoms with van der Waals surface area (Å²) < 4.78 is 12.5. The van der Waals surface area contributed by atoms with Gasteiger partial charge < -0.3 is 0 Å². The Morgan fingerprint density at radius 1 is 1.52 bits per heavy atom. The van der Waals surface area contributed by atoms with E-state index in [2.05, 4.69) is 10.3 Å². The van der Waals surface area contributed by atoms with E-state index in [0.717, 1.165) is 5.56 Å². The third-order valence-corrected chi connectivity index (χ3v) is 4.42. The van der Waals surface area contributed by atoms with Crippen LogP contribution >= 0.6 is 0 Å². The van der Waals surface area contributed by atoms with Gasteiger partial charge in [-0.1, -0.05) is 0 Å². The van der Waals surface area contributed by atoms with E-state index in [0.29, 0.717) is 9.39 Å². The predicted molar refractivity (Wildman–Crippen MR) is 76.0 cm³/mol. The number of nitro groups is 1. The fourth-order valence-electron chi connectivity index (χ4n) is 2.02. The number of aryl methyl sites for hydroxylation is 1. The van der Waals surface area contributed by atoms with E-state index in [1.165, 1.54) is 10.7 Å². The van der Waals surface area contributed by atoms with Crippen LogP contribution in [-0.2, 0) is 16.0 Å². The summed E-state index contributed by atoms with van der Waals surface area (Å²) in [6.45, 7) is 3.76. The Balaban J connectivity index is 2.56. The Morgan fingerprint density at radius 3 is 2.87 bits per heavy atom. The van der Waals surface area contributed by atoms with Crippen molar-refractivity contribution in [2.75, 3.05) is 6.61 Å². The minimum absolute atomic E-state index is 0.0851. The first-order chi connectivity index (χ1) is 11.0. The molecule has 0 saturated carbocycles. The molecule has 124 valence electrons. The van der Waals surface area contributed by atoms with Gasteiger partial charge in [0, 0.05) is 0 Å². The van der Waals surface area contributed by atoms with Crippen molar-refractivity contribution in [2.45, 2.75) is 20.3 Å². The normalized spacial score (nSPS) is 10.7. The van der Waals surface area contributed by atoms with Crippen molar-refractivity contribution in [3.05, 3.63) is 43.3 Å². The van der Waals surface area contributed by atoms with Gasteiger partial charge >= 0.3 is 142 Å². The number of nitrogens with two attached hydrogens (primary N) is 1. The fraction of sp³-hybridized carbons (Fsp3) is 0.308. The number of carbonyl (C=O) groups excluding carboxylic acids is 1. The Kier molecular flexibility index (Phi) is 5.60. The Hall–Kier alpha value is -2.08. The third-order valence-electron chi connectivity index (χ3n) is 2.99. The first-order valence-corrected chi connectivity index (χ1v) is 8.99. The zero-order valence-corrected chi connectivity index (χ0v) is 14.7. The summed E-state index contributed by atoms with van der Waals surface area (Å²) in [5.41, 5.74) is 1.40. The van der Waals surface area contributed by atoms with Crippen LogP contribution in [0.5, 0.6) is 0 Å². The quantitative estimate of drug-likeness (QED) is 0.179. The molecule has 2 aromatic rings. The van der Waals surface area contributed by atoms with E-state index >= 15 is 0 Å². The van der Waals surface area contributed by atoms with Crippen molar-refractivity contribution in [1.82, 2.24) is 15.0 Å². The molecule has 2 N–H and O–H groups in total. The van der Waals surface area contributed by atoms with E-state index in [9.17, 15) is 14.9 Å². The Labute approximate surface area is 142 Å². The average Bonchev–Trinajstić information content (AvgIpc) is 2.89. The number of esters is 1. The van der Waals surface area contributed by atoms with Gasteiger partial charge in [0.25, 0.3) is 0 Å². The van der Waals surface area contributed by atoms with Crippen LogP contribution in [0.1, 0.15) is 18.2 Å². The van der Waals surface area contributed by atoms with E-state index in [4.69, 9.17) is 8.68 Å². The average molecular weight is 432 g/mol. The van der Waals surface area contributed by atoms with Gasteiger partial charge in [0.05, 0.1) is 0 Å². The summed E-state index contributed by atoms with van der Waals surface area (Å²) in [5.74, 6) is -0.454. The van der Waals surface area contributed by atoms with Crippen LogP contribution < -0.4 is 25.4 Å². The van der Waals surface area contributed by atoms with Crippen LogP contribution in [0.4, 0.5) is 5.69 Å². The van der Waals surface area contributed by atoms with E-state index in [1.807, 2.05) is 6.92 Å². The molecule has 0 amide bonds. The molecule has 0 bridgehead atoms. The molecule has 0 aliphatic carbocycles. The van der Waals surface area contributed by atoms with Crippen molar-refractivity contribution in [3.8, 4) is 5.69 Å². The van der Waals surface area contributed by atoms with Gasteiger partial charge in [-0.3, -0.25) is 0 Å². The van der Waals surface area contributed by atoms with Crippen LogP contribution in [0.25, 0.3) is 5.69 Å². The van der Waals surface area contributed by atoms with Crippen molar-refractivity contribution in [1.29, 1.82) is 0 Å². The summed E-state index contributed by atoms with van der Waals surface area (Å²) in [4.78, 5) is 22.5. The van der Waals surface area contributed by atoms with E-state index in [-0.39, 0.29) is 24.4 Å². The minimum atomic E-state index is -0.931. The van der Waals surface area contributed by atoms with Gasteiger partial charge in [0.1, 0.15) is 0 Å².